The lowest BCUT2D eigenvalue weighted by atomic mass is 9.59. The first kappa shape index (κ1) is 41.8. The molecular weight excluding hydrogens is 796 g/mol. The van der Waals surface area contributed by atoms with Gasteiger partial charge in [0.05, 0.1) is 11.6 Å². The lowest BCUT2D eigenvalue weighted by Crippen LogP contribution is -2.64. The number of alkyl halides is 3. The van der Waals surface area contributed by atoms with E-state index in [0.717, 1.165) is 17.5 Å². The van der Waals surface area contributed by atoms with Gasteiger partial charge in [0.2, 0.25) is 5.78 Å². The Balaban J connectivity index is 1.32. The smallest absolute Gasteiger partial charge is 0.508 e. The Morgan fingerprint density at radius 2 is 1.62 bits per heavy atom. The van der Waals surface area contributed by atoms with Crippen molar-refractivity contribution >= 4 is 19.9 Å². The first-order valence-electron chi connectivity index (χ1n) is 20.3. The van der Waals surface area contributed by atoms with E-state index in [9.17, 15) is 18.3 Å². The molecular formula is C45H50F3N3O8Si. The van der Waals surface area contributed by atoms with Crippen LogP contribution in [0, 0.1) is 11.8 Å². The highest BCUT2D eigenvalue weighted by molar-refractivity contribution is 6.74. The molecule has 4 aliphatic rings. The van der Waals surface area contributed by atoms with Crippen molar-refractivity contribution in [1.29, 1.82) is 0 Å². The second kappa shape index (κ2) is 15.2. The number of rotatable bonds is 10. The number of ketones is 2. The van der Waals surface area contributed by atoms with Gasteiger partial charge in [-0.2, -0.15) is 0 Å². The van der Waals surface area contributed by atoms with E-state index in [1.807, 2.05) is 106 Å². The summed E-state index contributed by atoms with van der Waals surface area (Å²) < 4.78 is 73.5. The molecule has 3 aromatic carbocycles. The molecule has 5 atom stereocenters. The third kappa shape index (κ3) is 7.12. The molecule has 0 bridgehead atoms. The number of benzene rings is 3. The Morgan fingerprint density at radius 1 is 0.983 bits per heavy atom. The molecule has 0 saturated carbocycles. The number of allylic oxidation sites excluding steroid dienone is 1. The zero-order valence-corrected chi connectivity index (χ0v) is 35.5. The Hall–Kier alpha value is -4.96. The molecule has 0 spiro atoms. The number of halogens is 3. The Morgan fingerprint density at radius 3 is 2.20 bits per heavy atom. The third-order valence-corrected chi connectivity index (χ3v) is 17.6. The van der Waals surface area contributed by atoms with Crippen molar-refractivity contribution in [2.75, 3.05) is 13.6 Å². The summed E-state index contributed by atoms with van der Waals surface area (Å²) in [5.74, 6) is -4.55. The van der Waals surface area contributed by atoms with Crippen molar-refractivity contribution in [1.82, 2.24) is 10.1 Å². The topological polar surface area (TPSA) is 147 Å². The van der Waals surface area contributed by atoms with Crippen LogP contribution >= 0.6 is 0 Å². The molecule has 0 amide bonds. The maximum Gasteiger partial charge on any atom is 0.573 e. The number of hydrogen-bond acceptors (Lipinski definition) is 11. The maximum atomic E-state index is 15.4. The molecule has 318 valence electrons. The van der Waals surface area contributed by atoms with Crippen LogP contribution in [0.1, 0.15) is 101 Å². The molecule has 2 heterocycles. The largest absolute Gasteiger partial charge is 0.573 e. The van der Waals surface area contributed by atoms with Gasteiger partial charge in [0.25, 0.3) is 5.88 Å². The van der Waals surface area contributed by atoms with Crippen LogP contribution in [-0.2, 0) is 24.1 Å². The molecule has 4 aromatic rings. The van der Waals surface area contributed by atoms with Gasteiger partial charge >= 0.3 is 6.36 Å². The summed E-state index contributed by atoms with van der Waals surface area (Å²) in [6, 6.07) is 18.4. The van der Waals surface area contributed by atoms with Gasteiger partial charge in [-0.15, -0.1) is 13.2 Å². The average Bonchev–Trinajstić information content (AvgIpc) is 3.82. The van der Waals surface area contributed by atoms with Crippen LogP contribution < -0.4 is 19.9 Å². The van der Waals surface area contributed by atoms with Crippen molar-refractivity contribution in [2.45, 2.75) is 102 Å². The first-order chi connectivity index (χ1) is 28.3. The van der Waals surface area contributed by atoms with E-state index in [4.69, 9.17) is 28.9 Å². The number of nitrogens with zero attached hydrogens (tertiary/aromatic N) is 2. The molecule has 1 unspecified atom stereocenters. The van der Waals surface area contributed by atoms with E-state index in [1.165, 1.54) is 6.07 Å². The number of aliphatic hydroxyl groups excluding tert-OH is 1. The molecule has 8 rings (SSSR count). The number of nitrogens with two attached hydrogens (primary N) is 1. The first-order valence-corrected chi connectivity index (χ1v) is 23.2. The summed E-state index contributed by atoms with van der Waals surface area (Å²) >= 11 is 0. The van der Waals surface area contributed by atoms with Crippen molar-refractivity contribution < 1.29 is 51.0 Å². The fraction of sp³-hybridized carbons (Fsp3) is 0.444. The number of Topliss-reactive ketones (excluding diaryl/α,β-unsaturated/α-hetero) is 2. The van der Waals surface area contributed by atoms with Crippen LogP contribution in [0.15, 0.2) is 82.6 Å². The van der Waals surface area contributed by atoms with Crippen molar-refractivity contribution in [3.05, 3.63) is 117 Å². The van der Waals surface area contributed by atoms with E-state index < -0.39 is 72.3 Å². The average molecular weight is 846 g/mol. The molecule has 1 saturated heterocycles. The van der Waals surface area contributed by atoms with E-state index in [0.29, 0.717) is 13.0 Å². The zero-order chi connectivity index (χ0) is 42.9. The predicted octanol–water partition coefficient (Wildman–Crippen LogP) is 9.34. The zero-order valence-electron chi connectivity index (χ0n) is 34.5. The molecule has 1 fully saturated rings. The van der Waals surface area contributed by atoms with Gasteiger partial charge in [-0.25, -0.2) is 0 Å². The minimum absolute atomic E-state index is 0.00426. The van der Waals surface area contributed by atoms with Gasteiger partial charge in [-0.3, -0.25) is 14.5 Å². The van der Waals surface area contributed by atoms with Crippen LogP contribution in [0.4, 0.5) is 13.2 Å². The Kier molecular flexibility index (Phi) is 10.6. The molecule has 1 aromatic heterocycles. The molecule has 15 heteroatoms. The van der Waals surface area contributed by atoms with Gasteiger partial charge in [0, 0.05) is 28.7 Å². The number of carbonyl (C=O) groups is 2. The van der Waals surface area contributed by atoms with Gasteiger partial charge in [-0.05, 0) is 85.7 Å². The maximum absolute atomic E-state index is 15.4. The van der Waals surface area contributed by atoms with Crippen molar-refractivity contribution in [2.24, 2.45) is 17.6 Å². The minimum Gasteiger partial charge on any atom is -0.508 e. The number of aliphatic hydroxyl groups is 1. The van der Waals surface area contributed by atoms with E-state index >= 15 is 9.59 Å². The predicted molar refractivity (Wildman–Crippen MR) is 217 cm³/mol. The third-order valence-electron chi connectivity index (χ3n) is 13.1. The van der Waals surface area contributed by atoms with Crippen molar-refractivity contribution in [3.63, 3.8) is 0 Å². The molecule has 3 N–H and O–H groups in total. The van der Waals surface area contributed by atoms with Crippen LogP contribution in [0.5, 0.6) is 17.4 Å². The summed E-state index contributed by atoms with van der Waals surface area (Å²) in [7, 11) is -1.20. The molecule has 11 nitrogen and oxygen atoms in total. The fourth-order valence-corrected chi connectivity index (χ4v) is 10.6. The van der Waals surface area contributed by atoms with E-state index in [1.54, 1.807) is 0 Å². The molecule has 1 aliphatic heterocycles. The second-order valence-corrected chi connectivity index (χ2v) is 22.6. The van der Waals surface area contributed by atoms with Crippen molar-refractivity contribution in [3.8, 4) is 17.4 Å². The van der Waals surface area contributed by atoms with Gasteiger partial charge in [-0.1, -0.05) is 81.4 Å². The molecule has 3 aliphatic carbocycles. The second-order valence-electron chi connectivity index (χ2n) is 17.9. The lowest BCUT2D eigenvalue weighted by Gasteiger charge is -2.53. The standard InChI is InChI=1S/C45H50F3N3O8Si/c1-43(2,3)60(5,6)59-44-30(36(49)39-35(41(44)54)42(50-58-39)56-24-26-16-11-8-12-17-26)21-27-20-29-34(37(52)33(27)40(44)53)32(55-23-25-14-9-7-10-15-25)22-28(31-18-13-19-51(31)4)38(29)57-45(46,47)48/h7-12,14-17,22,27,30-31,36,53H,13,18-21,23-24,49H2,1-6H3/t27-,30-,31-,36-,44?/m0/s1. The highest BCUT2D eigenvalue weighted by atomic mass is 28.4. The minimum atomic E-state index is -5.09. The number of fused-ring (bicyclic) bond motifs is 4. The molecule has 0 radical (unpaired) electrons. The van der Waals surface area contributed by atoms with Gasteiger partial charge < -0.3 is 34.0 Å². The van der Waals surface area contributed by atoms with E-state index in [-0.39, 0.29) is 71.3 Å². The number of ether oxygens (including phenoxy) is 3. The molecule has 60 heavy (non-hydrogen) atoms. The van der Waals surface area contributed by atoms with Crippen LogP contribution in [0.3, 0.4) is 0 Å². The van der Waals surface area contributed by atoms with Crippen LogP contribution in [0.2, 0.25) is 18.1 Å². The highest BCUT2D eigenvalue weighted by Gasteiger charge is 2.66. The van der Waals surface area contributed by atoms with Crippen LogP contribution in [0.25, 0.3) is 0 Å². The van der Waals surface area contributed by atoms with E-state index in [2.05, 4.69) is 5.16 Å². The van der Waals surface area contributed by atoms with Crippen LogP contribution in [-0.4, -0.2) is 60.6 Å². The van der Waals surface area contributed by atoms with Gasteiger partial charge in [0.15, 0.2) is 25.5 Å². The quantitative estimate of drug-likeness (QED) is 0.147. The number of hydrogen-bond donors (Lipinski definition) is 2. The number of aromatic nitrogens is 1. The summed E-state index contributed by atoms with van der Waals surface area (Å²) in [5.41, 5.74) is 6.28. The number of carbonyl (C=O) groups excluding carboxylic acids is 2. The summed E-state index contributed by atoms with van der Waals surface area (Å²) in [6.07, 6.45) is -3.95. The summed E-state index contributed by atoms with van der Waals surface area (Å²) in [6.45, 7) is 10.5. The normalized spacial score (nSPS) is 24.4. The monoisotopic (exact) mass is 845 g/mol. The number of likely N-dealkylation sites (tertiary alicyclic amines) is 1. The Bertz CT molecular complexity index is 2340. The SMILES string of the molecule is CN1CCC[C@H]1c1cc(OCc2ccccc2)c2c(c1OC(F)(F)F)C[C@H]1C[C@H]3[C@H](N)c4onc(OCc5ccccc5)c4C(=O)C3(O[Si](C)(C)C(C)(C)C)C(O)=C1C2=O. The fourth-order valence-electron chi connectivity index (χ4n) is 9.13. The van der Waals surface area contributed by atoms with Gasteiger partial charge in [0.1, 0.15) is 36.0 Å². The lowest BCUT2D eigenvalue weighted by molar-refractivity contribution is -0.275. The summed E-state index contributed by atoms with van der Waals surface area (Å²) in [5, 5.41) is 16.5. The summed E-state index contributed by atoms with van der Waals surface area (Å²) in [4.78, 5) is 32.7. The highest BCUT2D eigenvalue weighted by Crippen LogP contribution is 2.59. The Labute approximate surface area is 347 Å².